The van der Waals surface area contributed by atoms with E-state index < -0.39 is 10.0 Å². The fourth-order valence-corrected chi connectivity index (χ4v) is 4.83. The predicted molar refractivity (Wildman–Crippen MR) is 95.1 cm³/mol. The maximum absolute atomic E-state index is 12.6. The van der Waals surface area contributed by atoms with Gasteiger partial charge in [0.05, 0.1) is 20.8 Å². The molecule has 0 unspecified atom stereocenters. The highest BCUT2D eigenvalue weighted by atomic mass is 32.2. The van der Waals surface area contributed by atoms with E-state index in [1.807, 2.05) is 6.92 Å². The van der Waals surface area contributed by atoms with Crippen LogP contribution in [0.15, 0.2) is 46.1 Å². The van der Waals surface area contributed by atoms with Gasteiger partial charge in [-0.05, 0) is 37.3 Å². The lowest BCUT2D eigenvalue weighted by Gasteiger charge is -2.09. The molecule has 0 amide bonds. The molecule has 0 spiro atoms. The van der Waals surface area contributed by atoms with Gasteiger partial charge in [-0.2, -0.15) is 0 Å². The number of rotatable bonds is 4. The van der Waals surface area contributed by atoms with Crippen molar-refractivity contribution in [2.45, 2.75) is 18.4 Å². The largest absolute Gasteiger partial charge is 0.454 e. The van der Waals surface area contributed by atoms with Gasteiger partial charge in [0.1, 0.15) is 0 Å². The minimum absolute atomic E-state index is 0.0992. The number of hydrogen-bond acceptors (Lipinski definition) is 6. The maximum atomic E-state index is 12.6. The summed E-state index contributed by atoms with van der Waals surface area (Å²) in [7, 11) is -3.78. The standard InChI is InChI=1S/C16H14N2O5S2/c1-2-18-12-5-4-11(8-15(12)24-16(18)19)25(20,21)17-10-3-6-13-14(7-10)23-9-22-13/h3-8,17H,2,9H2,1H3. The van der Waals surface area contributed by atoms with Gasteiger partial charge in [-0.25, -0.2) is 8.42 Å². The van der Waals surface area contributed by atoms with Crippen LogP contribution >= 0.6 is 11.3 Å². The molecule has 1 N–H and O–H groups in total. The Hall–Kier alpha value is -2.52. The Morgan fingerprint density at radius 2 is 1.96 bits per heavy atom. The maximum Gasteiger partial charge on any atom is 0.308 e. The molecular weight excluding hydrogens is 364 g/mol. The third-order valence-electron chi connectivity index (χ3n) is 3.89. The second-order valence-electron chi connectivity index (χ2n) is 5.42. The van der Waals surface area contributed by atoms with Gasteiger partial charge in [0.15, 0.2) is 11.5 Å². The van der Waals surface area contributed by atoms with Crippen molar-refractivity contribution in [1.29, 1.82) is 0 Å². The molecule has 0 atom stereocenters. The fourth-order valence-electron chi connectivity index (χ4n) is 2.69. The number of anilines is 1. The van der Waals surface area contributed by atoms with Gasteiger partial charge >= 0.3 is 4.87 Å². The van der Waals surface area contributed by atoms with Crippen LogP contribution in [0.4, 0.5) is 5.69 Å². The number of benzene rings is 2. The first-order chi connectivity index (χ1) is 12.0. The lowest BCUT2D eigenvalue weighted by molar-refractivity contribution is 0.174. The molecule has 0 radical (unpaired) electrons. The van der Waals surface area contributed by atoms with Crippen molar-refractivity contribution < 1.29 is 17.9 Å². The highest BCUT2D eigenvalue weighted by Crippen LogP contribution is 2.35. The van der Waals surface area contributed by atoms with Gasteiger partial charge in [0.2, 0.25) is 6.79 Å². The molecule has 7 nitrogen and oxygen atoms in total. The number of nitrogens with one attached hydrogen (secondary N) is 1. The molecule has 2 heterocycles. The van der Waals surface area contributed by atoms with Crippen LogP contribution in [-0.2, 0) is 16.6 Å². The average Bonchev–Trinajstić information content (AvgIpc) is 3.16. The van der Waals surface area contributed by atoms with Crippen LogP contribution in [-0.4, -0.2) is 19.8 Å². The summed E-state index contributed by atoms with van der Waals surface area (Å²) in [4.78, 5) is 11.9. The lowest BCUT2D eigenvalue weighted by Crippen LogP contribution is -2.13. The van der Waals surface area contributed by atoms with E-state index in [-0.39, 0.29) is 16.6 Å². The topological polar surface area (TPSA) is 86.6 Å². The fraction of sp³-hybridized carbons (Fsp3) is 0.188. The Bertz CT molecular complexity index is 1130. The SMILES string of the molecule is CCn1c(=O)sc2cc(S(=O)(=O)Nc3ccc4c(c3)OCO4)ccc21. The highest BCUT2D eigenvalue weighted by Gasteiger charge is 2.19. The van der Waals surface area contributed by atoms with Gasteiger partial charge in [-0.3, -0.25) is 14.1 Å². The van der Waals surface area contributed by atoms with Crippen LogP contribution < -0.4 is 19.1 Å². The summed E-state index contributed by atoms with van der Waals surface area (Å²) in [5.74, 6) is 1.07. The van der Waals surface area contributed by atoms with E-state index in [4.69, 9.17) is 9.47 Å². The molecule has 3 aromatic rings. The molecule has 0 aliphatic carbocycles. The van der Waals surface area contributed by atoms with Gasteiger partial charge in [-0.1, -0.05) is 11.3 Å². The van der Waals surface area contributed by atoms with E-state index in [9.17, 15) is 13.2 Å². The Morgan fingerprint density at radius 1 is 1.16 bits per heavy atom. The lowest BCUT2D eigenvalue weighted by atomic mass is 10.3. The van der Waals surface area contributed by atoms with Crippen LogP contribution in [0.1, 0.15) is 6.92 Å². The van der Waals surface area contributed by atoms with Crippen molar-refractivity contribution in [1.82, 2.24) is 4.57 Å². The first kappa shape index (κ1) is 16.0. The average molecular weight is 378 g/mol. The predicted octanol–water partition coefficient (Wildman–Crippen LogP) is 2.61. The Balaban J connectivity index is 1.70. The zero-order chi connectivity index (χ0) is 17.6. The van der Waals surface area contributed by atoms with Crippen molar-refractivity contribution >= 4 is 37.3 Å². The monoisotopic (exact) mass is 378 g/mol. The summed E-state index contributed by atoms with van der Waals surface area (Å²) < 4.78 is 40.5. The minimum Gasteiger partial charge on any atom is -0.454 e. The second-order valence-corrected chi connectivity index (χ2v) is 8.09. The number of sulfonamides is 1. The van der Waals surface area contributed by atoms with Crippen molar-refractivity contribution in [3.05, 3.63) is 46.1 Å². The van der Waals surface area contributed by atoms with Crippen LogP contribution in [0.25, 0.3) is 10.2 Å². The first-order valence-electron chi connectivity index (χ1n) is 7.54. The van der Waals surface area contributed by atoms with Crippen molar-refractivity contribution in [2.24, 2.45) is 0 Å². The number of aromatic nitrogens is 1. The number of thiazole rings is 1. The summed E-state index contributed by atoms with van der Waals surface area (Å²) in [5, 5.41) is 0. The Kier molecular flexibility index (Phi) is 3.69. The Morgan fingerprint density at radius 3 is 2.76 bits per heavy atom. The number of hydrogen-bond donors (Lipinski definition) is 1. The summed E-state index contributed by atoms with van der Waals surface area (Å²) in [5.41, 5.74) is 1.11. The molecule has 1 aliphatic rings. The molecule has 0 bridgehead atoms. The van der Waals surface area contributed by atoms with Gasteiger partial charge < -0.3 is 9.47 Å². The molecular formula is C16H14N2O5S2. The quantitative estimate of drug-likeness (QED) is 0.754. The Labute approximate surface area is 147 Å². The molecule has 130 valence electrons. The van der Waals surface area contributed by atoms with E-state index in [2.05, 4.69) is 4.72 Å². The highest BCUT2D eigenvalue weighted by molar-refractivity contribution is 7.92. The third kappa shape index (κ3) is 2.75. The van der Waals surface area contributed by atoms with E-state index in [1.165, 1.54) is 12.1 Å². The molecule has 25 heavy (non-hydrogen) atoms. The van der Waals surface area contributed by atoms with Crippen LogP contribution in [0.2, 0.25) is 0 Å². The number of aryl methyl sites for hydroxylation is 1. The number of nitrogens with zero attached hydrogens (tertiary/aromatic N) is 1. The summed E-state index contributed by atoms with van der Waals surface area (Å²) in [6.45, 7) is 2.54. The van der Waals surface area contributed by atoms with E-state index >= 15 is 0 Å². The van der Waals surface area contributed by atoms with Crippen molar-refractivity contribution in [2.75, 3.05) is 11.5 Å². The van der Waals surface area contributed by atoms with Gasteiger partial charge in [-0.15, -0.1) is 0 Å². The van der Waals surface area contributed by atoms with E-state index in [0.29, 0.717) is 28.4 Å². The third-order valence-corrected chi connectivity index (χ3v) is 6.21. The molecule has 2 aromatic carbocycles. The smallest absolute Gasteiger partial charge is 0.308 e. The molecule has 0 fully saturated rings. The number of ether oxygens (including phenoxy) is 2. The zero-order valence-corrected chi connectivity index (χ0v) is 14.8. The number of fused-ring (bicyclic) bond motifs is 2. The summed E-state index contributed by atoms with van der Waals surface area (Å²) in [6, 6.07) is 9.50. The van der Waals surface area contributed by atoms with Gasteiger partial charge in [0.25, 0.3) is 10.0 Å². The van der Waals surface area contributed by atoms with Crippen molar-refractivity contribution in [3.8, 4) is 11.5 Å². The minimum atomic E-state index is -3.78. The van der Waals surface area contributed by atoms with Crippen LogP contribution in [0, 0.1) is 0 Å². The molecule has 1 aliphatic heterocycles. The van der Waals surface area contributed by atoms with E-state index in [1.54, 1.807) is 28.8 Å². The van der Waals surface area contributed by atoms with Gasteiger partial charge in [0, 0.05) is 12.6 Å². The zero-order valence-electron chi connectivity index (χ0n) is 13.2. The molecule has 9 heteroatoms. The second kappa shape index (κ2) is 5.78. The summed E-state index contributed by atoms with van der Waals surface area (Å²) in [6.07, 6.45) is 0. The normalized spacial score (nSPS) is 13.3. The summed E-state index contributed by atoms with van der Waals surface area (Å²) >= 11 is 1.03. The molecule has 4 rings (SSSR count). The molecule has 0 saturated carbocycles. The van der Waals surface area contributed by atoms with E-state index in [0.717, 1.165) is 16.9 Å². The molecule has 1 aromatic heterocycles. The molecule has 0 saturated heterocycles. The van der Waals surface area contributed by atoms with Crippen LogP contribution in [0.5, 0.6) is 11.5 Å². The first-order valence-corrected chi connectivity index (χ1v) is 9.84. The van der Waals surface area contributed by atoms with Crippen LogP contribution in [0.3, 0.4) is 0 Å². The van der Waals surface area contributed by atoms with Crippen molar-refractivity contribution in [3.63, 3.8) is 0 Å².